The third-order valence-corrected chi connectivity index (χ3v) is 5.46. The SMILES string of the molecule is CS(=O)(=O)c1ccc2c(c1)CCCN2C(=O)/C=C/c1ccccc1C#N. The molecule has 3 rings (SSSR count). The van der Waals surface area contributed by atoms with Crippen molar-refractivity contribution in [3.05, 3.63) is 65.2 Å². The fourth-order valence-electron chi connectivity index (χ4n) is 3.03. The molecule has 2 aromatic rings. The predicted molar refractivity (Wildman–Crippen MR) is 100 cm³/mol. The Hall–Kier alpha value is -2.91. The van der Waals surface area contributed by atoms with Crippen LogP contribution in [0.25, 0.3) is 6.08 Å². The molecule has 0 aromatic heterocycles. The van der Waals surface area contributed by atoms with Gasteiger partial charge in [0.25, 0.3) is 5.91 Å². The van der Waals surface area contributed by atoms with E-state index >= 15 is 0 Å². The van der Waals surface area contributed by atoms with Gasteiger partial charge in [0.15, 0.2) is 9.84 Å². The van der Waals surface area contributed by atoms with Gasteiger partial charge in [-0.15, -0.1) is 0 Å². The first-order valence-corrected chi connectivity index (χ1v) is 10.1. The number of benzene rings is 2. The highest BCUT2D eigenvalue weighted by atomic mass is 32.2. The minimum atomic E-state index is -3.28. The van der Waals surface area contributed by atoms with Gasteiger partial charge in [0.05, 0.1) is 16.5 Å². The molecule has 0 saturated carbocycles. The van der Waals surface area contributed by atoms with Gasteiger partial charge in [-0.1, -0.05) is 18.2 Å². The lowest BCUT2D eigenvalue weighted by atomic mass is 10.0. The van der Waals surface area contributed by atoms with Crippen molar-refractivity contribution in [3.63, 3.8) is 0 Å². The van der Waals surface area contributed by atoms with Crippen LogP contribution in [0.1, 0.15) is 23.1 Å². The minimum Gasteiger partial charge on any atom is -0.309 e. The van der Waals surface area contributed by atoms with Crippen molar-refractivity contribution in [2.75, 3.05) is 17.7 Å². The lowest BCUT2D eigenvalue weighted by molar-refractivity contribution is -0.114. The molecule has 0 aliphatic carbocycles. The number of carbonyl (C=O) groups excluding carboxylic acids is 1. The number of fused-ring (bicyclic) bond motifs is 1. The number of rotatable bonds is 3. The summed E-state index contributed by atoms with van der Waals surface area (Å²) < 4.78 is 23.5. The summed E-state index contributed by atoms with van der Waals surface area (Å²) in [6.07, 6.45) is 5.78. The Balaban J connectivity index is 1.89. The van der Waals surface area contributed by atoms with E-state index < -0.39 is 9.84 Å². The van der Waals surface area contributed by atoms with E-state index in [1.54, 1.807) is 41.3 Å². The summed E-state index contributed by atoms with van der Waals surface area (Å²) >= 11 is 0. The van der Waals surface area contributed by atoms with Gasteiger partial charge in [-0.2, -0.15) is 5.26 Å². The number of hydrogen-bond donors (Lipinski definition) is 0. The maximum Gasteiger partial charge on any atom is 0.250 e. The Morgan fingerprint density at radius 1 is 1.23 bits per heavy atom. The van der Waals surface area contributed by atoms with Crippen molar-refractivity contribution in [1.82, 2.24) is 0 Å². The van der Waals surface area contributed by atoms with Gasteiger partial charge in [0, 0.05) is 24.6 Å². The van der Waals surface area contributed by atoms with E-state index in [1.807, 2.05) is 6.07 Å². The first kappa shape index (κ1) is 17.9. The molecule has 0 N–H and O–H groups in total. The fourth-order valence-corrected chi connectivity index (χ4v) is 3.70. The van der Waals surface area contributed by atoms with Gasteiger partial charge in [-0.05, 0) is 54.3 Å². The molecule has 132 valence electrons. The zero-order valence-electron chi connectivity index (χ0n) is 14.3. The van der Waals surface area contributed by atoms with Crippen LogP contribution >= 0.6 is 0 Å². The van der Waals surface area contributed by atoms with Crippen LogP contribution < -0.4 is 4.90 Å². The van der Waals surface area contributed by atoms with Gasteiger partial charge in [-0.25, -0.2) is 8.42 Å². The number of hydrogen-bond acceptors (Lipinski definition) is 4. The first-order valence-electron chi connectivity index (χ1n) is 8.22. The molecule has 0 atom stereocenters. The van der Waals surface area contributed by atoms with Crippen LogP contribution in [0.4, 0.5) is 5.69 Å². The summed E-state index contributed by atoms with van der Waals surface area (Å²) in [4.78, 5) is 14.6. The van der Waals surface area contributed by atoms with Crippen molar-refractivity contribution in [3.8, 4) is 6.07 Å². The summed E-state index contributed by atoms with van der Waals surface area (Å²) in [5.41, 5.74) is 2.80. The molecule has 1 aliphatic rings. The Labute approximate surface area is 153 Å². The number of nitriles is 1. The minimum absolute atomic E-state index is 0.189. The highest BCUT2D eigenvalue weighted by molar-refractivity contribution is 7.90. The molecule has 0 spiro atoms. The average Bonchev–Trinajstić information content (AvgIpc) is 2.64. The molecule has 0 saturated heterocycles. The number of nitrogens with zero attached hydrogens (tertiary/aromatic N) is 2. The van der Waals surface area contributed by atoms with Gasteiger partial charge < -0.3 is 4.90 Å². The Kier molecular flexibility index (Phi) is 4.92. The van der Waals surface area contributed by atoms with Crippen molar-refractivity contribution >= 4 is 27.5 Å². The highest BCUT2D eigenvalue weighted by Crippen LogP contribution is 2.29. The maximum atomic E-state index is 12.7. The molecule has 1 amide bonds. The second-order valence-corrected chi connectivity index (χ2v) is 8.20. The second-order valence-electron chi connectivity index (χ2n) is 6.19. The first-order chi connectivity index (χ1) is 12.4. The van der Waals surface area contributed by atoms with Gasteiger partial charge in [-0.3, -0.25) is 4.79 Å². The third-order valence-electron chi connectivity index (χ3n) is 4.35. The van der Waals surface area contributed by atoms with Gasteiger partial charge >= 0.3 is 0 Å². The zero-order valence-corrected chi connectivity index (χ0v) is 15.2. The smallest absolute Gasteiger partial charge is 0.250 e. The number of sulfone groups is 1. The van der Waals surface area contributed by atoms with Crippen LogP contribution in [0.2, 0.25) is 0 Å². The van der Waals surface area contributed by atoms with Crippen molar-refractivity contribution in [1.29, 1.82) is 5.26 Å². The van der Waals surface area contributed by atoms with Crippen molar-refractivity contribution < 1.29 is 13.2 Å². The second kappa shape index (κ2) is 7.14. The summed E-state index contributed by atoms with van der Waals surface area (Å²) in [5.74, 6) is -0.189. The van der Waals surface area contributed by atoms with E-state index in [2.05, 4.69) is 6.07 Å². The number of carbonyl (C=O) groups is 1. The number of amides is 1. The molecule has 2 aromatic carbocycles. The molecule has 1 heterocycles. The van der Waals surface area contributed by atoms with Crippen molar-refractivity contribution in [2.24, 2.45) is 0 Å². The van der Waals surface area contributed by atoms with Crippen LogP contribution in [0.5, 0.6) is 0 Å². The molecular weight excluding hydrogens is 348 g/mol. The number of aryl methyl sites for hydroxylation is 1. The third kappa shape index (κ3) is 3.68. The molecule has 1 aliphatic heterocycles. The van der Waals surface area contributed by atoms with E-state index in [0.29, 0.717) is 17.7 Å². The van der Waals surface area contributed by atoms with E-state index in [1.165, 1.54) is 18.4 Å². The van der Waals surface area contributed by atoms with Crippen LogP contribution in [-0.4, -0.2) is 27.1 Å². The monoisotopic (exact) mass is 366 g/mol. The fraction of sp³-hybridized carbons (Fsp3) is 0.200. The normalized spacial score (nSPS) is 14.1. The Morgan fingerprint density at radius 3 is 2.73 bits per heavy atom. The summed E-state index contributed by atoms with van der Waals surface area (Å²) in [6.45, 7) is 0.578. The van der Waals surface area contributed by atoms with E-state index in [0.717, 1.165) is 24.1 Å². The summed E-state index contributed by atoms with van der Waals surface area (Å²) in [6, 6.07) is 14.1. The van der Waals surface area contributed by atoms with E-state index in [9.17, 15) is 13.2 Å². The Bertz CT molecular complexity index is 1030. The van der Waals surface area contributed by atoms with Gasteiger partial charge in [0.1, 0.15) is 0 Å². The summed E-state index contributed by atoms with van der Waals surface area (Å²) in [7, 11) is -3.28. The molecule has 26 heavy (non-hydrogen) atoms. The molecular formula is C20H18N2O3S. The van der Waals surface area contributed by atoms with Crippen LogP contribution in [0, 0.1) is 11.3 Å². The lowest BCUT2D eigenvalue weighted by Gasteiger charge is -2.29. The van der Waals surface area contributed by atoms with Crippen LogP contribution in [0.3, 0.4) is 0 Å². The standard InChI is InChI=1S/C20H18N2O3S/c1-26(24,25)18-9-10-19-16(13-18)7-4-12-22(19)20(23)11-8-15-5-2-3-6-17(15)14-21/h2-3,5-6,8-11,13H,4,7,12H2,1H3/b11-8+. The highest BCUT2D eigenvalue weighted by Gasteiger charge is 2.22. The molecule has 5 nitrogen and oxygen atoms in total. The predicted octanol–water partition coefficient (Wildman–Crippen LogP) is 2.95. The topological polar surface area (TPSA) is 78.2 Å². The van der Waals surface area contributed by atoms with Crippen molar-refractivity contribution in [2.45, 2.75) is 17.7 Å². The molecule has 0 bridgehead atoms. The van der Waals surface area contributed by atoms with E-state index in [-0.39, 0.29) is 10.8 Å². The average molecular weight is 366 g/mol. The lowest BCUT2D eigenvalue weighted by Crippen LogP contribution is -2.34. The zero-order chi connectivity index (χ0) is 18.7. The van der Waals surface area contributed by atoms with Gasteiger partial charge in [0.2, 0.25) is 0 Å². The van der Waals surface area contributed by atoms with E-state index in [4.69, 9.17) is 5.26 Å². The molecule has 0 radical (unpaired) electrons. The maximum absolute atomic E-state index is 12.7. The molecule has 6 heteroatoms. The molecule has 0 fully saturated rings. The summed E-state index contributed by atoms with van der Waals surface area (Å²) in [5, 5.41) is 9.13. The molecule has 0 unspecified atom stereocenters. The van der Waals surface area contributed by atoms with Crippen LogP contribution in [0.15, 0.2) is 53.4 Å². The Morgan fingerprint density at radius 2 is 2.00 bits per heavy atom. The largest absolute Gasteiger partial charge is 0.309 e. The van der Waals surface area contributed by atoms with Crippen LogP contribution in [-0.2, 0) is 21.1 Å². The quantitative estimate of drug-likeness (QED) is 0.783. The number of anilines is 1.